The zero-order valence-corrected chi connectivity index (χ0v) is 16.7. The van der Waals surface area contributed by atoms with Crippen LogP contribution in [0, 0.1) is 5.41 Å². The summed E-state index contributed by atoms with van der Waals surface area (Å²) in [4.78, 5) is 15.3. The highest BCUT2D eigenvalue weighted by Gasteiger charge is 2.38. The summed E-state index contributed by atoms with van der Waals surface area (Å²) >= 11 is 0. The third kappa shape index (κ3) is 3.84. The Morgan fingerprint density at radius 3 is 2.32 bits per heavy atom. The van der Waals surface area contributed by atoms with Crippen LogP contribution in [-0.2, 0) is 15.6 Å². The fraction of sp³-hybridized carbons (Fsp3) is 0.409. The van der Waals surface area contributed by atoms with E-state index >= 15 is 0 Å². The number of nitrogens with one attached hydrogen (secondary N) is 1. The van der Waals surface area contributed by atoms with E-state index in [1.807, 2.05) is 4.90 Å². The molecular weight excluding hydrogens is 372 g/mol. The molecule has 28 heavy (non-hydrogen) atoms. The summed E-state index contributed by atoms with van der Waals surface area (Å²) < 4.78 is 25.6. The number of likely N-dealkylation sites (tertiary alicyclic amines) is 1. The van der Waals surface area contributed by atoms with Crippen LogP contribution in [0.1, 0.15) is 35.2 Å². The summed E-state index contributed by atoms with van der Waals surface area (Å²) in [6, 6.07) is 15.5. The molecule has 2 aliphatic heterocycles. The van der Waals surface area contributed by atoms with Crippen LogP contribution < -0.4 is 5.32 Å². The molecule has 2 aromatic carbocycles. The highest BCUT2D eigenvalue weighted by atomic mass is 32.2. The van der Waals surface area contributed by atoms with Crippen LogP contribution in [0.15, 0.2) is 59.5 Å². The molecule has 1 spiro atoms. The van der Waals surface area contributed by atoms with Crippen molar-refractivity contribution in [3.63, 3.8) is 0 Å². The summed E-state index contributed by atoms with van der Waals surface area (Å²) in [5.74, 6) is -0.222. The van der Waals surface area contributed by atoms with E-state index in [1.165, 1.54) is 6.42 Å². The summed E-state index contributed by atoms with van der Waals surface area (Å²) in [6.07, 6.45) is 3.20. The summed E-state index contributed by atoms with van der Waals surface area (Å²) in [5, 5.41) is 3.44. The van der Waals surface area contributed by atoms with Gasteiger partial charge in [-0.25, -0.2) is 8.42 Å². The van der Waals surface area contributed by atoms with E-state index in [-0.39, 0.29) is 16.6 Å². The Balaban J connectivity index is 1.52. The van der Waals surface area contributed by atoms with Crippen LogP contribution in [0.25, 0.3) is 0 Å². The van der Waals surface area contributed by atoms with Gasteiger partial charge in [0.1, 0.15) is 0 Å². The molecule has 0 aliphatic carbocycles. The number of nitrogens with zero attached hydrogens (tertiary/aromatic N) is 1. The number of benzene rings is 2. The van der Waals surface area contributed by atoms with Gasteiger partial charge in [0.2, 0.25) is 0 Å². The van der Waals surface area contributed by atoms with Crippen molar-refractivity contribution in [3.05, 3.63) is 65.7 Å². The van der Waals surface area contributed by atoms with Crippen LogP contribution >= 0.6 is 0 Å². The number of carbonyl (C=O) groups is 1. The van der Waals surface area contributed by atoms with Crippen molar-refractivity contribution in [2.24, 2.45) is 5.41 Å². The Bertz CT molecular complexity index is 941. The van der Waals surface area contributed by atoms with Gasteiger partial charge in [0.05, 0.1) is 10.6 Å². The first-order chi connectivity index (χ1) is 13.5. The quantitative estimate of drug-likeness (QED) is 0.860. The molecule has 1 N–H and O–H groups in total. The molecule has 2 fully saturated rings. The molecule has 0 radical (unpaired) electrons. The lowest BCUT2D eigenvalue weighted by molar-refractivity contribution is 0.0607. The third-order valence-electron chi connectivity index (χ3n) is 6.14. The maximum Gasteiger partial charge on any atom is 0.254 e. The Labute approximate surface area is 166 Å². The minimum atomic E-state index is -3.50. The largest absolute Gasteiger partial charge is 0.339 e. The molecule has 0 aromatic heterocycles. The highest BCUT2D eigenvalue weighted by Crippen LogP contribution is 2.37. The molecule has 2 aromatic rings. The standard InChI is InChI=1S/C22H26N2O3S/c25-21(24-14-11-22(12-15-24)10-13-23-17-22)20-9-5-4-6-18(20)16-28(26,27)19-7-2-1-3-8-19/h1-9,23H,10-17H2. The minimum Gasteiger partial charge on any atom is -0.339 e. The van der Waals surface area contributed by atoms with Crippen molar-refractivity contribution in [2.75, 3.05) is 26.2 Å². The number of hydrogen-bond donors (Lipinski definition) is 1. The lowest BCUT2D eigenvalue weighted by Crippen LogP contribution is -2.44. The minimum absolute atomic E-state index is 0.0559. The van der Waals surface area contributed by atoms with Crippen molar-refractivity contribution >= 4 is 15.7 Å². The molecule has 4 rings (SSSR count). The van der Waals surface area contributed by atoms with Crippen molar-refractivity contribution in [1.29, 1.82) is 0 Å². The smallest absolute Gasteiger partial charge is 0.254 e. The average molecular weight is 399 g/mol. The van der Waals surface area contributed by atoms with Crippen molar-refractivity contribution in [1.82, 2.24) is 10.2 Å². The highest BCUT2D eigenvalue weighted by molar-refractivity contribution is 7.90. The van der Waals surface area contributed by atoms with Gasteiger partial charge in [-0.1, -0.05) is 36.4 Å². The number of sulfone groups is 1. The fourth-order valence-corrected chi connectivity index (χ4v) is 5.75. The SMILES string of the molecule is O=C(c1ccccc1CS(=O)(=O)c1ccccc1)N1CCC2(CCNC2)CC1. The second kappa shape index (κ2) is 7.68. The van der Waals surface area contributed by atoms with Crippen LogP contribution in [0.2, 0.25) is 0 Å². The Morgan fingerprint density at radius 2 is 1.64 bits per heavy atom. The molecule has 0 atom stereocenters. The molecule has 148 valence electrons. The molecule has 2 aliphatic rings. The Kier molecular flexibility index (Phi) is 5.25. The summed E-state index contributed by atoms with van der Waals surface area (Å²) in [5.41, 5.74) is 1.41. The van der Waals surface area contributed by atoms with Crippen molar-refractivity contribution < 1.29 is 13.2 Å². The predicted molar refractivity (Wildman–Crippen MR) is 109 cm³/mol. The van der Waals surface area contributed by atoms with Gasteiger partial charge in [0.25, 0.3) is 5.91 Å². The van der Waals surface area contributed by atoms with Gasteiger partial charge in [-0.15, -0.1) is 0 Å². The van der Waals surface area contributed by atoms with E-state index in [4.69, 9.17) is 0 Å². The molecule has 0 saturated carbocycles. The zero-order valence-electron chi connectivity index (χ0n) is 15.9. The molecule has 5 nitrogen and oxygen atoms in total. The lowest BCUT2D eigenvalue weighted by atomic mass is 9.77. The van der Waals surface area contributed by atoms with Crippen molar-refractivity contribution in [2.45, 2.75) is 29.9 Å². The van der Waals surface area contributed by atoms with E-state index in [9.17, 15) is 13.2 Å². The normalized spacial score (nSPS) is 19.1. The molecule has 0 bridgehead atoms. The summed E-state index contributed by atoms with van der Waals surface area (Å²) in [7, 11) is -3.50. The molecule has 2 heterocycles. The van der Waals surface area contributed by atoms with E-state index in [2.05, 4.69) is 5.32 Å². The molecular formula is C22H26N2O3S. The third-order valence-corrected chi connectivity index (χ3v) is 7.82. The van der Waals surface area contributed by atoms with Gasteiger partial charge < -0.3 is 10.2 Å². The van der Waals surface area contributed by atoms with Gasteiger partial charge in [0.15, 0.2) is 9.84 Å². The van der Waals surface area contributed by atoms with Crippen molar-refractivity contribution in [3.8, 4) is 0 Å². The van der Waals surface area contributed by atoms with Crippen LogP contribution in [-0.4, -0.2) is 45.4 Å². The fourth-order valence-electron chi connectivity index (χ4n) is 4.35. The average Bonchev–Trinajstić information content (AvgIpc) is 3.17. The number of amides is 1. The van der Waals surface area contributed by atoms with Crippen LogP contribution in [0.3, 0.4) is 0 Å². The van der Waals surface area contributed by atoms with E-state index < -0.39 is 9.84 Å². The second-order valence-electron chi connectivity index (χ2n) is 7.95. The topological polar surface area (TPSA) is 66.5 Å². The summed E-state index contributed by atoms with van der Waals surface area (Å²) in [6.45, 7) is 3.58. The number of hydrogen-bond acceptors (Lipinski definition) is 4. The van der Waals surface area contributed by atoms with Gasteiger partial charge in [0, 0.05) is 25.2 Å². The number of rotatable bonds is 4. The van der Waals surface area contributed by atoms with E-state index in [0.717, 1.165) is 39.0 Å². The number of piperidine rings is 1. The predicted octanol–water partition coefficient (Wildman–Crippen LogP) is 2.88. The lowest BCUT2D eigenvalue weighted by Gasteiger charge is -2.39. The number of carbonyl (C=O) groups excluding carboxylic acids is 1. The van der Waals surface area contributed by atoms with Gasteiger partial charge in [-0.05, 0) is 55.0 Å². The molecule has 0 unspecified atom stereocenters. The van der Waals surface area contributed by atoms with Crippen LogP contribution in [0.5, 0.6) is 0 Å². The van der Waals surface area contributed by atoms with E-state index in [1.54, 1.807) is 54.6 Å². The molecule has 2 saturated heterocycles. The van der Waals surface area contributed by atoms with Gasteiger partial charge >= 0.3 is 0 Å². The second-order valence-corrected chi connectivity index (χ2v) is 9.94. The molecule has 6 heteroatoms. The maximum atomic E-state index is 13.2. The van der Waals surface area contributed by atoms with E-state index in [0.29, 0.717) is 16.5 Å². The first-order valence-corrected chi connectivity index (χ1v) is 11.5. The zero-order chi connectivity index (χ0) is 19.6. The maximum absolute atomic E-state index is 13.2. The van der Waals surface area contributed by atoms with Gasteiger partial charge in [-0.2, -0.15) is 0 Å². The first-order valence-electron chi connectivity index (χ1n) is 9.85. The van der Waals surface area contributed by atoms with Gasteiger partial charge in [-0.3, -0.25) is 4.79 Å². The molecule has 1 amide bonds. The first kappa shape index (κ1) is 19.2. The van der Waals surface area contributed by atoms with Crippen LogP contribution in [0.4, 0.5) is 0 Å². The monoisotopic (exact) mass is 398 g/mol. The Morgan fingerprint density at radius 1 is 0.964 bits per heavy atom. The Hall–Kier alpha value is -2.18.